The van der Waals surface area contributed by atoms with Gasteiger partial charge in [-0.05, 0) is 31.1 Å². The van der Waals surface area contributed by atoms with Crippen LogP contribution in [0.1, 0.15) is 46.0 Å². The highest BCUT2D eigenvalue weighted by atomic mass is 19.1. The molecule has 1 aliphatic rings. The summed E-state index contributed by atoms with van der Waals surface area (Å²) in [5, 5.41) is 2.91. The Labute approximate surface area is 112 Å². The van der Waals surface area contributed by atoms with E-state index in [2.05, 4.69) is 19.2 Å². The summed E-state index contributed by atoms with van der Waals surface area (Å²) in [5.41, 5.74) is 0.0853. The quantitative estimate of drug-likeness (QED) is 0.756. The Bertz CT molecular complexity index is 434. The molecule has 0 heterocycles. The molecule has 19 heavy (non-hydrogen) atoms. The van der Waals surface area contributed by atoms with Gasteiger partial charge in [-0.15, -0.1) is 0 Å². The standard InChI is InChI=1S/C15H20F3N/c1-15(2)6-3-4-11(5-7-15)19-14-12(17)8-10(16)9-13(14)18/h8-9,11,19H,3-7H2,1-2H3. The summed E-state index contributed by atoms with van der Waals surface area (Å²) < 4.78 is 40.0. The summed E-state index contributed by atoms with van der Waals surface area (Å²) in [5.74, 6) is -2.61. The second-order valence-electron chi connectivity index (χ2n) is 6.18. The third kappa shape index (κ3) is 3.64. The SMILES string of the molecule is CC1(C)CCCC(Nc2c(F)cc(F)cc2F)CC1. The predicted molar refractivity (Wildman–Crippen MR) is 70.6 cm³/mol. The van der Waals surface area contributed by atoms with Crippen molar-refractivity contribution in [3.63, 3.8) is 0 Å². The first-order valence-electron chi connectivity index (χ1n) is 6.78. The zero-order valence-corrected chi connectivity index (χ0v) is 11.4. The predicted octanol–water partition coefficient (Wildman–Crippen LogP) is 4.87. The Morgan fingerprint density at radius 2 is 1.68 bits per heavy atom. The number of hydrogen-bond donors (Lipinski definition) is 1. The molecule has 1 aromatic rings. The summed E-state index contributed by atoms with van der Waals surface area (Å²) in [4.78, 5) is 0. The molecular formula is C15H20F3N. The van der Waals surface area contributed by atoms with Crippen molar-refractivity contribution in [2.45, 2.75) is 52.0 Å². The molecule has 0 aliphatic heterocycles. The van der Waals surface area contributed by atoms with Crippen LogP contribution < -0.4 is 5.32 Å². The van der Waals surface area contributed by atoms with Crippen LogP contribution in [0.4, 0.5) is 18.9 Å². The van der Waals surface area contributed by atoms with Crippen LogP contribution in [0, 0.1) is 22.9 Å². The van der Waals surface area contributed by atoms with Gasteiger partial charge in [0, 0.05) is 18.2 Å². The molecule has 106 valence electrons. The van der Waals surface area contributed by atoms with Crippen LogP contribution in [0.2, 0.25) is 0 Å². The molecule has 1 saturated carbocycles. The lowest BCUT2D eigenvalue weighted by atomic mass is 9.85. The molecule has 2 rings (SSSR count). The van der Waals surface area contributed by atoms with Crippen molar-refractivity contribution in [3.05, 3.63) is 29.6 Å². The molecule has 1 fully saturated rings. The van der Waals surface area contributed by atoms with Crippen molar-refractivity contribution in [2.24, 2.45) is 5.41 Å². The summed E-state index contributed by atoms with van der Waals surface area (Å²) in [6, 6.07) is 1.48. The van der Waals surface area contributed by atoms with Crippen LogP contribution >= 0.6 is 0 Å². The molecular weight excluding hydrogens is 251 g/mol. The minimum Gasteiger partial charge on any atom is -0.378 e. The molecule has 1 aliphatic carbocycles. The van der Waals surface area contributed by atoms with Crippen molar-refractivity contribution >= 4 is 5.69 Å². The minimum absolute atomic E-state index is 0.0521. The first-order valence-corrected chi connectivity index (χ1v) is 6.78. The normalized spacial score (nSPS) is 22.9. The maximum Gasteiger partial charge on any atom is 0.152 e. The largest absolute Gasteiger partial charge is 0.378 e. The van der Waals surface area contributed by atoms with Gasteiger partial charge >= 0.3 is 0 Å². The molecule has 0 bridgehead atoms. The molecule has 1 atom stereocenters. The molecule has 0 spiro atoms. The highest BCUT2D eigenvalue weighted by molar-refractivity contribution is 5.47. The van der Waals surface area contributed by atoms with E-state index in [-0.39, 0.29) is 17.1 Å². The van der Waals surface area contributed by atoms with Gasteiger partial charge < -0.3 is 5.32 Å². The molecule has 0 radical (unpaired) electrons. The molecule has 0 aromatic heterocycles. The lowest BCUT2D eigenvalue weighted by Gasteiger charge is -2.22. The van der Waals surface area contributed by atoms with E-state index in [1.807, 2.05) is 0 Å². The molecule has 1 unspecified atom stereocenters. The van der Waals surface area contributed by atoms with Gasteiger partial charge in [-0.2, -0.15) is 0 Å². The lowest BCUT2D eigenvalue weighted by Crippen LogP contribution is -2.21. The Balaban J connectivity index is 2.09. The van der Waals surface area contributed by atoms with Crippen LogP contribution in [0.5, 0.6) is 0 Å². The third-order valence-electron chi connectivity index (χ3n) is 3.93. The summed E-state index contributed by atoms with van der Waals surface area (Å²) in [6.45, 7) is 4.43. The van der Waals surface area contributed by atoms with E-state index in [1.165, 1.54) is 0 Å². The Morgan fingerprint density at radius 3 is 2.32 bits per heavy atom. The second-order valence-corrected chi connectivity index (χ2v) is 6.18. The Morgan fingerprint density at radius 1 is 1.05 bits per heavy atom. The molecule has 0 saturated heterocycles. The van der Waals surface area contributed by atoms with E-state index in [0.29, 0.717) is 12.1 Å². The fourth-order valence-corrected chi connectivity index (χ4v) is 2.69. The lowest BCUT2D eigenvalue weighted by molar-refractivity contribution is 0.313. The van der Waals surface area contributed by atoms with E-state index in [4.69, 9.17) is 0 Å². The number of benzene rings is 1. The van der Waals surface area contributed by atoms with Crippen molar-refractivity contribution in [1.82, 2.24) is 0 Å². The monoisotopic (exact) mass is 271 g/mol. The average Bonchev–Trinajstić information content (AvgIpc) is 2.45. The highest BCUT2D eigenvalue weighted by Gasteiger charge is 2.25. The van der Waals surface area contributed by atoms with Crippen molar-refractivity contribution in [1.29, 1.82) is 0 Å². The van der Waals surface area contributed by atoms with Crippen molar-refractivity contribution < 1.29 is 13.2 Å². The first kappa shape index (κ1) is 14.2. The van der Waals surface area contributed by atoms with Crippen molar-refractivity contribution in [3.8, 4) is 0 Å². The van der Waals surface area contributed by atoms with Crippen molar-refractivity contribution in [2.75, 3.05) is 5.32 Å². The van der Waals surface area contributed by atoms with E-state index in [0.717, 1.165) is 32.1 Å². The number of rotatable bonds is 2. The molecule has 1 aromatic carbocycles. The summed E-state index contributed by atoms with van der Waals surface area (Å²) >= 11 is 0. The van der Waals surface area contributed by atoms with Gasteiger partial charge in [0.1, 0.15) is 11.5 Å². The topological polar surface area (TPSA) is 12.0 Å². The van der Waals surface area contributed by atoms with Gasteiger partial charge in [-0.25, -0.2) is 13.2 Å². The Kier molecular flexibility index (Phi) is 4.07. The van der Waals surface area contributed by atoms with Crippen LogP contribution in [-0.4, -0.2) is 6.04 Å². The van der Waals surface area contributed by atoms with Crippen LogP contribution in [0.15, 0.2) is 12.1 Å². The van der Waals surface area contributed by atoms with Gasteiger partial charge in [0.25, 0.3) is 0 Å². The molecule has 0 amide bonds. The molecule has 4 heteroatoms. The first-order chi connectivity index (χ1) is 8.87. The maximum absolute atomic E-state index is 13.6. The van der Waals surface area contributed by atoms with E-state index >= 15 is 0 Å². The smallest absolute Gasteiger partial charge is 0.152 e. The van der Waals surface area contributed by atoms with Crippen LogP contribution in [0.25, 0.3) is 0 Å². The third-order valence-corrected chi connectivity index (χ3v) is 3.93. The zero-order chi connectivity index (χ0) is 14.0. The minimum atomic E-state index is -0.887. The number of halogens is 3. The summed E-state index contributed by atoms with van der Waals surface area (Å²) in [6.07, 6.45) is 4.95. The fourth-order valence-electron chi connectivity index (χ4n) is 2.69. The van der Waals surface area contributed by atoms with Gasteiger partial charge in [-0.3, -0.25) is 0 Å². The number of hydrogen-bond acceptors (Lipinski definition) is 1. The van der Waals surface area contributed by atoms with E-state index in [9.17, 15) is 13.2 Å². The zero-order valence-electron chi connectivity index (χ0n) is 11.4. The fraction of sp³-hybridized carbons (Fsp3) is 0.600. The highest BCUT2D eigenvalue weighted by Crippen LogP contribution is 2.35. The summed E-state index contributed by atoms with van der Waals surface area (Å²) in [7, 11) is 0. The van der Waals surface area contributed by atoms with E-state index < -0.39 is 17.5 Å². The number of anilines is 1. The maximum atomic E-state index is 13.6. The van der Waals surface area contributed by atoms with Gasteiger partial charge in [0.15, 0.2) is 11.6 Å². The second kappa shape index (κ2) is 5.43. The van der Waals surface area contributed by atoms with Gasteiger partial charge in [-0.1, -0.05) is 20.3 Å². The van der Waals surface area contributed by atoms with E-state index in [1.54, 1.807) is 0 Å². The average molecular weight is 271 g/mol. The van der Waals surface area contributed by atoms with Gasteiger partial charge in [0.05, 0.1) is 0 Å². The van der Waals surface area contributed by atoms with Crippen LogP contribution in [0.3, 0.4) is 0 Å². The van der Waals surface area contributed by atoms with Crippen LogP contribution in [-0.2, 0) is 0 Å². The molecule has 1 nitrogen and oxygen atoms in total. The number of nitrogens with one attached hydrogen (secondary N) is 1. The Hall–Kier alpha value is -1.19. The molecule has 1 N–H and O–H groups in total. The van der Waals surface area contributed by atoms with Gasteiger partial charge in [0.2, 0.25) is 0 Å².